The lowest BCUT2D eigenvalue weighted by molar-refractivity contribution is 0.0115. The number of hydrogen-bond donors (Lipinski definition) is 3. The Morgan fingerprint density at radius 1 is 1.05 bits per heavy atom. The summed E-state index contributed by atoms with van der Waals surface area (Å²) in [5.41, 5.74) is 5.82. The van der Waals surface area contributed by atoms with Gasteiger partial charge in [0.15, 0.2) is 16.6 Å². The van der Waals surface area contributed by atoms with Gasteiger partial charge in [-0.3, -0.25) is 20.0 Å². The monoisotopic (exact) mass is 561 g/mol. The van der Waals surface area contributed by atoms with E-state index in [0.29, 0.717) is 53.0 Å². The van der Waals surface area contributed by atoms with Crippen molar-refractivity contribution in [3.8, 4) is 33.2 Å². The van der Waals surface area contributed by atoms with Gasteiger partial charge in [0.2, 0.25) is 0 Å². The van der Waals surface area contributed by atoms with Crippen LogP contribution in [0.15, 0.2) is 55.1 Å². The number of aromatic nitrogens is 7. The van der Waals surface area contributed by atoms with Gasteiger partial charge in [0.25, 0.3) is 5.92 Å². The van der Waals surface area contributed by atoms with E-state index < -0.39 is 5.92 Å². The molecule has 7 rings (SSSR count). The summed E-state index contributed by atoms with van der Waals surface area (Å²) in [6.07, 6.45) is 6.82. The second-order valence-corrected chi connectivity index (χ2v) is 10.8. The number of nitrogens with zero attached hydrogens (tertiary/aromatic N) is 6. The van der Waals surface area contributed by atoms with E-state index >= 15 is 0 Å². The molecule has 7 heterocycles. The third-order valence-electron chi connectivity index (χ3n) is 6.89. The molecule has 1 aliphatic heterocycles. The van der Waals surface area contributed by atoms with Crippen LogP contribution in [0.3, 0.4) is 0 Å². The van der Waals surface area contributed by atoms with Crippen molar-refractivity contribution in [2.45, 2.75) is 18.9 Å². The molecule has 0 aromatic carbocycles. The molecule has 1 aliphatic rings. The molecule has 0 unspecified atom stereocenters. The first-order valence-corrected chi connectivity index (χ1v) is 13.4. The molecule has 1 saturated heterocycles. The average molecular weight is 562 g/mol. The van der Waals surface area contributed by atoms with Crippen molar-refractivity contribution in [1.29, 1.82) is 0 Å². The minimum atomic E-state index is -2.61. The number of rotatable bonds is 7. The highest BCUT2D eigenvalue weighted by molar-refractivity contribution is 7.13. The van der Waals surface area contributed by atoms with Gasteiger partial charge >= 0.3 is 0 Å². The van der Waals surface area contributed by atoms with Gasteiger partial charge in [-0.1, -0.05) is 0 Å². The summed E-state index contributed by atoms with van der Waals surface area (Å²) >= 11 is 1.02. The molecule has 6 aromatic heterocycles. The second kappa shape index (κ2) is 9.77. The Bertz CT molecular complexity index is 1840. The molecule has 13 heteroatoms. The van der Waals surface area contributed by atoms with Crippen LogP contribution < -0.4 is 5.32 Å². The molecular weight excluding hydrogens is 539 g/mol. The number of fused-ring (bicyclic) bond motifs is 2. The third kappa shape index (κ3) is 4.72. The van der Waals surface area contributed by atoms with Crippen molar-refractivity contribution in [3.05, 3.63) is 65.8 Å². The molecule has 0 bridgehead atoms. The Balaban J connectivity index is 1.16. The fourth-order valence-corrected chi connectivity index (χ4v) is 5.68. The van der Waals surface area contributed by atoms with Gasteiger partial charge in [-0.05, 0) is 35.9 Å². The van der Waals surface area contributed by atoms with Crippen molar-refractivity contribution < 1.29 is 13.2 Å². The Labute approximate surface area is 229 Å². The molecule has 0 radical (unpaired) electrons. The van der Waals surface area contributed by atoms with E-state index in [1.165, 1.54) is 6.07 Å². The number of imidazole rings is 1. The van der Waals surface area contributed by atoms with Crippen LogP contribution in [0.25, 0.3) is 55.3 Å². The molecule has 0 atom stereocenters. The Morgan fingerprint density at radius 3 is 2.77 bits per heavy atom. The summed E-state index contributed by atoms with van der Waals surface area (Å²) in [4.78, 5) is 23.8. The quantitative estimate of drug-likeness (QED) is 0.245. The number of pyridine rings is 3. The van der Waals surface area contributed by atoms with Crippen molar-refractivity contribution in [1.82, 2.24) is 45.3 Å². The Morgan fingerprint density at radius 2 is 1.95 bits per heavy atom. The van der Waals surface area contributed by atoms with Gasteiger partial charge in [-0.2, -0.15) is 9.49 Å². The number of halogens is 3. The van der Waals surface area contributed by atoms with Crippen LogP contribution in [0.1, 0.15) is 12.0 Å². The summed E-state index contributed by atoms with van der Waals surface area (Å²) in [7, 11) is 0. The molecule has 202 valence electrons. The third-order valence-corrected chi connectivity index (χ3v) is 7.77. The number of aromatic amines is 2. The van der Waals surface area contributed by atoms with E-state index in [-0.39, 0.29) is 18.1 Å². The predicted molar refractivity (Wildman–Crippen MR) is 146 cm³/mol. The summed E-state index contributed by atoms with van der Waals surface area (Å²) in [6.45, 7) is 1.06. The standard InChI is InChI=1S/C27H22F3N9S/c28-21-2-1-20(40-21)24-23-19(3-5-33-24)35-26(36-23)22-18-8-17(12-34-25(18)38-37-22)16-7-15(9-31-11-16)10-32-14-39-6-4-27(29,30)13-39/h1-3,5,7-9,11-12,32H,4,6,10,13-14H2,(H,35,36)(H,34,37,38). The lowest BCUT2D eigenvalue weighted by atomic mass is 10.1. The van der Waals surface area contributed by atoms with Crippen LogP contribution >= 0.6 is 11.3 Å². The van der Waals surface area contributed by atoms with Gasteiger partial charge in [-0.25, -0.2) is 18.7 Å². The number of H-pyrrole nitrogens is 2. The topological polar surface area (TPSA) is 111 Å². The zero-order chi connectivity index (χ0) is 27.3. The van der Waals surface area contributed by atoms with E-state index in [4.69, 9.17) is 4.98 Å². The first-order valence-electron chi connectivity index (χ1n) is 12.6. The van der Waals surface area contributed by atoms with E-state index in [9.17, 15) is 13.2 Å². The highest BCUT2D eigenvalue weighted by Crippen LogP contribution is 2.34. The first-order chi connectivity index (χ1) is 19.4. The van der Waals surface area contributed by atoms with Crippen LogP contribution in [0.2, 0.25) is 0 Å². The van der Waals surface area contributed by atoms with Crippen molar-refractivity contribution >= 4 is 33.4 Å². The maximum Gasteiger partial charge on any atom is 0.261 e. The fraction of sp³-hybridized carbons (Fsp3) is 0.222. The largest absolute Gasteiger partial charge is 0.336 e. The molecule has 6 aromatic rings. The Kier molecular flexibility index (Phi) is 6.06. The molecule has 40 heavy (non-hydrogen) atoms. The maximum absolute atomic E-state index is 13.7. The van der Waals surface area contributed by atoms with Crippen molar-refractivity contribution in [2.24, 2.45) is 0 Å². The highest BCUT2D eigenvalue weighted by atomic mass is 32.1. The predicted octanol–water partition coefficient (Wildman–Crippen LogP) is 5.21. The van der Waals surface area contributed by atoms with E-state index in [0.717, 1.165) is 38.9 Å². The molecule has 0 spiro atoms. The van der Waals surface area contributed by atoms with E-state index in [1.807, 2.05) is 18.2 Å². The number of alkyl halides is 2. The SMILES string of the molecule is Fc1ccc(-c2nccc3[nH]c(-c4n[nH]c5ncc(-c6cncc(CNCN7CCC(F)(F)C7)c6)cc45)nc23)s1. The number of thiophene rings is 1. The van der Waals surface area contributed by atoms with Crippen molar-refractivity contribution in [2.75, 3.05) is 19.8 Å². The van der Waals surface area contributed by atoms with Gasteiger partial charge in [0, 0.05) is 62.1 Å². The first kappa shape index (κ1) is 24.8. The van der Waals surface area contributed by atoms with Crippen LogP contribution in [-0.2, 0) is 6.54 Å². The van der Waals surface area contributed by atoms with Gasteiger partial charge in [-0.15, -0.1) is 11.3 Å². The molecule has 9 nitrogen and oxygen atoms in total. The minimum absolute atomic E-state index is 0.0993. The second-order valence-electron chi connectivity index (χ2n) is 9.76. The summed E-state index contributed by atoms with van der Waals surface area (Å²) in [6, 6.07) is 8.90. The minimum Gasteiger partial charge on any atom is -0.336 e. The summed E-state index contributed by atoms with van der Waals surface area (Å²) in [5, 5.41) is 11.1. The van der Waals surface area contributed by atoms with E-state index in [2.05, 4.69) is 35.5 Å². The average Bonchev–Trinajstić information content (AvgIpc) is 3.73. The smallest absolute Gasteiger partial charge is 0.261 e. The zero-order valence-electron chi connectivity index (χ0n) is 21.0. The van der Waals surface area contributed by atoms with Crippen LogP contribution in [0, 0.1) is 5.13 Å². The van der Waals surface area contributed by atoms with Crippen molar-refractivity contribution in [3.63, 3.8) is 0 Å². The maximum atomic E-state index is 13.7. The zero-order valence-corrected chi connectivity index (χ0v) is 21.8. The number of hydrogen-bond acceptors (Lipinski definition) is 8. The van der Waals surface area contributed by atoms with Gasteiger partial charge < -0.3 is 10.3 Å². The highest BCUT2D eigenvalue weighted by Gasteiger charge is 2.37. The molecule has 0 aliphatic carbocycles. The number of nitrogens with one attached hydrogen (secondary N) is 3. The summed E-state index contributed by atoms with van der Waals surface area (Å²) < 4.78 is 40.6. The lowest BCUT2D eigenvalue weighted by Gasteiger charge is -2.16. The fourth-order valence-electron chi connectivity index (χ4n) is 4.95. The normalized spacial score (nSPS) is 15.5. The number of likely N-dealkylation sites (tertiary alicyclic amines) is 1. The molecular formula is C27H22F3N9S. The van der Waals surface area contributed by atoms with Crippen LogP contribution in [-0.4, -0.2) is 65.7 Å². The molecule has 0 saturated carbocycles. The Hall–Kier alpha value is -4.20. The van der Waals surface area contributed by atoms with Gasteiger partial charge in [0.1, 0.15) is 16.9 Å². The molecule has 3 N–H and O–H groups in total. The summed E-state index contributed by atoms with van der Waals surface area (Å²) in [5.74, 6) is -2.07. The lowest BCUT2D eigenvalue weighted by Crippen LogP contribution is -2.34. The van der Waals surface area contributed by atoms with Crippen LogP contribution in [0.5, 0.6) is 0 Å². The van der Waals surface area contributed by atoms with Gasteiger partial charge in [0.05, 0.1) is 22.3 Å². The molecule has 1 fully saturated rings. The van der Waals surface area contributed by atoms with Crippen LogP contribution in [0.4, 0.5) is 13.2 Å². The molecule has 0 amide bonds. The van der Waals surface area contributed by atoms with E-state index in [1.54, 1.807) is 35.8 Å².